The van der Waals surface area contributed by atoms with Gasteiger partial charge in [0.15, 0.2) is 11.5 Å². The molecule has 12 nitrogen and oxygen atoms in total. The summed E-state index contributed by atoms with van der Waals surface area (Å²) in [7, 11) is 0. The number of rotatable bonds is 15. The molecule has 6 atom stereocenters. The molecule has 1 aromatic carbocycles. The second-order valence-corrected chi connectivity index (χ2v) is 11.5. The number of hydrogen-bond acceptors (Lipinski definition) is 12. The molecule has 12 heteroatoms. The molecule has 43 heavy (non-hydrogen) atoms. The molecule has 0 saturated carbocycles. The van der Waals surface area contributed by atoms with Crippen LogP contribution in [0.3, 0.4) is 0 Å². The van der Waals surface area contributed by atoms with Crippen molar-refractivity contribution < 1.29 is 52.3 Å². The molecule has 0 spiro atoms. The zero-order chi connectivity index (χ0) is 32.9. The van der Waals surface area contributed by atoms with Crippen LogP contribution in [0.2, 0.25) is 0 Å². The molecule has 0 fully saturated rings. The van der Waals surface area contributed by atoms with Crippen molar-refractivity contribution in [3.8, 4) is 11.5 Å². The smallest absolute Gasteiger partial charge is 0.458 e. The molecule has 0 aliphatic heterocycles. The van der Waals surface area contributed by atoms with E-state index in [1.54, 1.807) is 33.8 Å². The third kappa shape index (κ3) is 14.0. The first-order valence-corrected chi connectivity index (χ1v) is 14.7. The lowest BCUT2D eigenvalue weighted by atomic mass is 10.1. The van der Waals surface area contributed by atoms with Gasteiger partial charge in [0.05, 0.1) is 6.61 Å². The number of hydrogen-bond donors (Lipinski definition) is 1. The molecular weight excluding hydrogens is 562 g/mol. The Hall–Kier alpha value is -3.54. The van der Waals surface area contributed by atoms with Crippen LogP contribution in [0.5, 0.6) is 11.5 Å². The Morgan fingerprint density at radius 2 is 1.16 bits per heavy atom. The fourth-order valence-corrected chi connectivity index (χ4v) is 2.96. The average Bonchev–Trinajstić information content (AvgIpc) is 2.92. The normalized spacial score (nSPS) is 15.4. The van der Waals surface area contributed by atoms with Crippen molar-refractivity contribution in [2.45, 2.75) is 113 Å². The standard InChI is InChI=1S/C31H49NO11/c1-11-19(6)16-37-29(34)41-23(10)22(9)38-28(33)25(32)14-24-12-13-26(42-30(35)39-20(7)17(2)3)27(15-24)43-31(36)40-21(8)18(4)5/h12-13,15,17-23,25H,11,14,16,32H2,1-10H3/t19?,20?,21?,22-,23-,25-/m0/s1. The third-order valence-electron chi connectivity index (χ3n) is 7.02. The summed E-state index contributed by atoms with van der Waals surface area (Å²) in [6.45, 7) is 18.3. The Morgan fingerprint density at radius 3 is 1.67 bits per heavy atom. The van der Waals surface area contributed by atoms with Gasteiger partial charge in [-0.25, -0.2) is 14.4 Å². The second kappa shape index (κ2) is 18.2. The number of nitrogens with two attached hydrogens (primary N) is 1. The minimum absolute atomic E-state index is 0.0132. The van der Waals surface area contributed by atoms with Crippen molar-refractivity contribution in [1.29, 1.82) is 0 Å². The summed E-state index contributed by atoms with van der Waals surface area (Å²) in [6, 6.07) is 3.24. The third-order valence-corrected chi connectivity index (χ3v) is 7.02. The number of carbonyl (C=O) groups is 4. The lowest BCUT2D eigenvalue weighted by Crippen LogP contribution is -2.39. The minimum Gasteiger partial charge on any atom is -0.458 e. The SMILES string of the molecule is CCC(C)COC(=O)O[C@@H](C)[C@H](C)OC(=O)[C@@H](N)Cc1ccc(OC(=O)OC(C)C(C)C)c(OC(=O)OC(C)C(C)C)c1. The van der Waals surface area contributed by atoms with Crippen LogP contribution < -0.4 is 15.2 Å². The second-order valence-electron chi connectivity index (χ2n) is 11.5. The summed E-state index contributed by atoms with van der Waals surface area (Å²) in [6.07, 6.45) is -4.42. The molecule has 0 saturated heterocycles. The highest BCUT2D eigenvalue weighted by Gasteiger charge is 2.26. The predicted octanol–water partition coefficient (Wildman–Crippen LogP) is 6.20. The maximum Gasteiger partial charge on any atom is 0.514 e. The zero-order valence-corrected chi connectivity index (χ0v) is 27.0. The van der Waals surface area contributed by atoms with Gasteiger partial charge >= 0.3 is 24.4 Å². The van der Waals surface area contributed by atoms with E-state index in [-0.39, 0.29) is 42.3 Å². The van der Waals surface area contributed by atoms with Crippen LogP contribution in [0.15, 0.2) is 18.2 Å². The molecule has 1 rings (SSSR count). The number of ether oxygens (including phenoxy) is 7. The zero-order valence-electron chi connectivity index (χ0n) is 27.0. The Kier molecular flexibility index (Phi) is 15.9. The van der Waals surface area contributed by atoms with Gasteiger partial charge in [-0.15, -0.1) is 0 Å². The summed E-state index contributed by atoms with van der Waals surface area (Å²) < 4.78 is 36.9. The Morgan fingerprint density at radius 1 is 0.674 bits per heavy atom. The van der Waals surface area contributed by atoms with Gasteiger partial charge in [-0.05, 0) is 69.6 Å². The van der Waals surface area contributed by atoms with Gasteiger partial charge < -0.3 is 38.9 Å². The molecular formula is C31H49NO11. The average molecular weight is 612 g/mol. The molecule has 0 aromatic heterocycles. The first-order chi connectivity index (χ1) is 20.0. The van der Waals surface area contributed by atoms with E-state index in [0.29, 0.717) is 5.56 Å². The van der Waals surface area contributed by atoms with Crippen LogP contribution in [0.4, 0.5) is 14.4 Å². The summed E-state index contributed by atoms with van der Waals surface area (Å²) in [5.74, 6) is -0.666. The maximum absolute atomic E-state index is 12.7. The van der Waals surface area contributed by atoms with Crippen LogP contribution in [-0.4, -0.2) is 61.5 Å². The van der Waals surface area contributed by atoms with Gasteiger partial charge in [0, 0.05) is 0 Å². The van der Waals surface area contributed by atoms with Crippen LogP contribution >= 0.6 is 0 Å². The van der Waals surface area contributed by atoms with Gasteiger partial charge in [0.1, 0.15) is 30.5 Å². The van der Waals surface area contributed by atoms with E-state index in [1.807, 2.05) is 41.5 Å². The van der Waals surface area contributed by atoms with Crippen molar-refractivity contribution in [3.63, 3.8) is 0 Å². The van der Waals surface area contributed by atoms with E-state index in [2.05, 4.69) is 0 Å². The van der Waals surface area contributed by atoms with Crippen molar-refractivity contribution in [3.05, 3.63) is 23.8 Å². The molecule has 0 aliphatic carbocycles. The molecule has 1 aromatic rings. The Bertz CT molecular complexity index is 1060. The van der Waals surface area contributed by atoms with E-state index in [4.69, 9.17) is 38.9 Å². The highest BCUT2D eigenvalue weighted by atomic mass is 16.8. The predicted molar refractivity (Wildman–Crippen MR) is 158 cm³/mol. The fourth-order valence-electron chi connectivity index (χ4n) is 2.96. The molecule has 2 N–H and O–H groups in total. The first-order valence-electron chi connectivity index (χ1n) is 14.7. The highest BCUT2D eigenvalue weighted by molar-refractivity contribution is 5.76. The summed E-state index contributed by atoms with van der Waals surface area (Å²) >= 11 is 0. The lowest BCUT2D eigenvalue weighted by molar-refractivity contribution is -0.155. The van der Waals surface area contributed by atoms with Crippen LogP contribution in [-0.2, 0) is 34.9 Å². The quantitative estimate of drug-likeness (QED) is 0.136. The Labute approximate surface area is 254 Å². The lowest BCUT2D eigenvalue weighted by Gasteiger charge is -2.22. The van der Waals surface area contributed by atoms with Crippen molar-refractivity contribution >= 4 is 24.4 Å². The van der Waals surface area contributed by atoms with Gasteiger partial charge in [0.2, 0.25) is 0 Å². The van der Waals surface area contributed by atoms with Gasteiger partial charge in [0.25, 0.3) is 0 Å². The Balaban J connectivity index is 2.95. The number of carbonyl (C=O) groups excluding carboxylic acids is 4. The summed E-state index contributed by atoms with van der Waals surface area (Å²) in [4.78, 5) is 49.5. The van der Waals surface area contributed by atoms with Crippen LogP contribution in [0.1, 0.15) is 81.2 Å². The van der Waals surface area contributed by atoms with E-state index in [9.17, 15) is 19.2 Å². The molecule has 0 heterocycles. The maximum atomic E-state index is 12.7. The van der Waals surface area contributed by atoms with E-state index in [1.165, 1.54) is 12.1 Å². The largest absolute Gasteiger partial charge is 0.514 e. The molecule has 244 valence electrons. The molecule has 0 aliphatic rings. The highest BCUT2D eigenvalue weighted by Crippen LogP contribution is 2.30. The topological polar surface area (TPSA) is 159 Å². The molecule has 0 bridgehead atoms. The minimum atomic E-state index is -1.11. The van der Waals surface area contributed by atoms with Crippen molar-refractivity contribution in [2.75, 3.05) is 6.61 Å². The van der Waals surface area contributed by atoms with Crippen molar-refractivity contribution in [1.82, 2.24) is 0 Å². The van der Waals surface area contributed by atoms with Gasteiger partial charge in [-0.2, -0.15) is 0 Å². The summed E-state index contributed by atoms with van der Waals surface area (Å²) in [5, 5.41) is 0. The van der Waals surface area contributed by atoms with Crippen LogP contribution in [0, 0.1) is 17.8 Å². The first kappa shape index (κ1) is 37.5. The van der Waals surface area contributed by atoms with Gasteiger partial charge in [-0.3, -0.25) is 4.79 Å². The van der Waals surface area contributed by atoms with E-state index >= 15 is 0 Å². The number of esters is 1. The van der Waals surface area contributed by atoms with E-state index in [0.717, 1.165) is 6.42 Å². The van der Waals surface area contributed by atoms with Crippen molar-refractivity contribution in [2.24, 2.45) is 23.5 Å². The number of benzene rings is 1. The fraction of sp³-hybridized carbons (Fsp3) is 0.677. The molecule has 3 unspecified atom stereocenters. The van der Waals surface area contributed by atoms with Gasteiger partial charge in [-0.1, -0.05) is 54.0 Å². The van der Waals surface area contributed by atoms with E-state index < -0.39 is 54.9 Å². The molecule has 0 amide bonds. The monoisotopic (exact) mass is 611 g/mol. The van der Waals surface area contributed by atoms with Crippen LogP contribution in [0.25, 0.3) is 0 Å². The summed E-state index contributed by atoms with van der Waals surface area (Å²) in [5.41, 5.74) is 6.58. The molecule has 0 radical (unpaired) electrons.